The standard InChI is InChI=1S/C15H15N3O4/c1-20-12-7-10(8-13-14(12)22-6-5-21-13)9-17-18-15(19)11-3-2-4-16-11/h2-4,7-9,16H,5-6H2,1H3,(H,18,19)/b17-9-. The lowest BCUT2D eigenvalue weighted by atomic mass is 10.2. The van der Waals surface area contributed by atoms with Gasteiger partial charge in [0.1, 0.15) is 18.9 Å². The fraction of sp³-hybridized carbons (Fsp3) is 0.200. The third kappa shape index (κ3) is 2.88. The van der Waals surface area contributed by atoms with Crippen molar-refractivity contribution in [1.82, 2.24) is 10.4 Å². The fourth-order valence-corrected chi connectivity index (χ4v) is 2.07. The van der Waals surface area contributed by atoms with Crippen molar-refractivity contribution in [1.29, 1.82) is 0 Å². The maximum absolute atomic E-state index is 11.7. The number of benzene rings is 1. The number of aromatic nitrogens is 1. The van der Waals surface area contributed by atoms with Gasteiger partial charge >= 0.3 is 0 Å². The molecule has 2 aromatic rings. The SMILES string of the molecule is COc1cc(/C=N\NC(=O)c2ccc[nH]2)cc2c1OCCO2. The first-order chi connectivity index (χ1) is 10.8. The Labute approximate surface area is 126 Å². The zero-order chi connectivity index (χ0) is 15.4. The summed E-state index contributed by atoms with van der Waals surface area (Å²) in [7, 11) is 1.56. The number of carbonyl (C=O) groups excluding carboxylic acids is 1. The number of rotatable bonds is 4. The number of ether oxygens (including phenoxy) is 3. The molecule has 0 aliphatic carbocycles. The molecule has 0 saturated heterocycles. The molecule has 1 aliphatic heterocycles. The summed E-state index contributed by atoms with van der Waals surface area (Å²) in [5.41, 5.74) is 3.61. The molecule has 7 heteroatoms. The second-order valence-corrected chi connectivity index (χ2v) is 4.53. The zero-order valence-corrected chi connectivity index (χ0v) is 12.0. The molecule has 3 rings (SSSR count). The number of H-pyrrole nitrogens is 1. The van der Waals surface area contributed by atoms with Gasteiger partial charge in [0, 0.05) is 11.8 Å². The Morgan fingerprint density at radius 3 is 3.05 bits per heavy atom. The predicted molar refractivity (Wildman–Crippen MR) is 79.8 cm³/mol. The van der Waals surface area contributed by atoms with Crippen LogP contribution >= 0.6 is 0 Å². The maximum Gasteiger partial charge on any atom is 0.287 e. The minimum atomic E-state index is -0.314. The van der Waals surface area contributed by atoms with Gasteiger partial charge in [0.05, 0.1) is 13.3 Å². The van der Waals surface area contributed by atoms with Crippen molar-refractivity contribution in [2.75, 3.05) is 20.3 Å². The normalized spacial score (nSPS) is 13.1. The average molecular weight is 301 g/mol. The summed E-state index contributed by atoms with van der Waals surface area (Å²) in [5, 5.41) is 3.93. The van der Waals surface area contributed by atoms with E-state index in [1.165, 1.54) is 6.21 Å². The number of aromatic amines is 1. The van der Waals surface area contributed by atoms with Crippen LogP contribution < -0.4 is 19.6 Å². The quantitative estimate of drug-likeness (QED) is 0.663. The summed E-state index contributed by atoms with van der Waals surface area (Å²) in [5.74, 6) is 1.43. The molecule has 0 unspecified atom stereocenters. The second kappa shape index (κ2) is 6.21. The summed E-state index contributed by atoms with van der Waals surface area (Å²) < 4.78 is 16.3. The highest BCUT2D eigenvalue weighted by Crippen LogP contribution is 2.39. The number of nitrogens with one attached hydrogen (secondary N) is 2. The molecule has 114 valence electrons. The van der Waals surface area contributed by atoms with Crippen LogP contribution in [0.5, 0.6) is 17.2 Å². The molecule has 0 radical (unpaired) electrons. The molecule has 0 saturated carbocycles. The molecule has 1 aromatic carbocycles. The van der Waals surface area contributed by atoms with Crippen molar-refractivity contribution in [3.8, 4) is 17.2 Å². The number of hydrazone groups is 1. The molecule has 2 heterocycles. The van der Waals surface area contributed by atoms with Crippen LogP contribution in [0, 0.1) is 0 Å². The molecule has 1 aromatic heterocycles. The maximum atomic E-state index is 11.7. The first-order valence-electron chi connectivity index (χ1n) is 6.72. The summed E-state index contributed by atoms with van der Waals surface area (Å²) in [4.78, 5) is 14.5. The molecule has 0 atom stereocenters. The number of carbonyl (C=O) groups is 1. The number of nitrogens with zero attached hydrogens (tertiary/aromatic N) is 1. The van der Waals surface area contributed by atoms with Gasteiger partial charge in [-0.25, -0.2) is 5.43 Å². The fourth-order valence-electron chi connectivity index (χ4n) is 2.07. The van der Waals surface area contributed by atoms with Crippen molar-refractivity contribution in [3.63, 3.8) is 0 Å². The van der Waals surface area contributed by atoms with E-state index >= 15 is 0 Å². The number of hydrogen-bond acceptors (Lipinski definition) is 5. The van der Waals surface area contributed by atoms with Crippen molar-refractivity contribution < 1.29 is 19.0 Å². The van der Waals surface area contributed by atoms with E-state index in [4.69, 9.17) is 14.2 Å². The van der Waals surface area contributed by atoms with E-state index in [-0.39, 0.29) is 5.91 Å². The van der Waals surface area contributed by atoms with E-state index in [0.29, 0.717) is 36.2 Å². The zero-order valence-electron chi connectivity index (χ0n) is 12.0. The van der Waals surface area contributed by atoms with Gasteiger partial charge in [0.25, 0.3) is 5.91 Å². The van der Waals surface area contributed by atoms with Crippen LogP contribution in [-0.4, -0.2) is 37.4 Å². The molecule has 0 spiro atoms. The third-order valence-corrected chi connectivity index (χ3v) is 3.07. The molecule has 1 aliphatic rings. The van der Waals surface area contributed by atoms with Crippen LogP contribution in [0.4, 0.5) is 0 Å². The lowest BCUT2D eigenvalue weighted by molar-refractivity contribution is 0.0951. The van der Waals surface area contributed by atoms with Gasteiger partial charge in [-0.2, -0.15) is 5.10 Å². The van der Waals surface area contributed by atoms with Gasteiger partial charge in [-0.3, -0.25) is 4.79 Å². The number of methoxy groups -OCH3 is 1. The summed E-state index contributed by atoms with van der Waals surface area (Å²) in [6, 6.07) is 6.95. The molecular weight excluding hydrogens is 286 g/mol. The minimum absolute atomic E-state index is 0.314. The molecule has 7 nitrogen and oxygen atoms in total. The molecule has 0 bridgehead atoms. The first kappa shape index (κ1) is 14.0. The molecule has 2 N–H and O–H groups in total. The van der Waals surface area contributed by atoms with Gasteiger partial charge in [-0.15, -0.1) is 0 Å². The van der Waals surface area contributed by atoms with Crippen LogP contribution in [0.1, 0.15) is 16.1 Å². The van der Waals surface area contributed by atoms with Crippen LogP contribution in [0.15, 0.2) is 35.6 Å². The van der Waals surface area contributed by atoms with Gasteiger partial charge in [0.2, 0.25) is 5.75 Å². The molecular formula is C15H15N3O4. The summed E-state index contributed by atoms with van der Waals surface area (Å²) >= 11 is 0. The second-order valence-electron chi connectivity index (χ2n) is 4.53. The number of hydrogen-bond donors (Lipinski definition) is 2. The number of fused-ring (bicyclic) bond motifs is 1. The van der Waals surface area contributed by atoms with Crippen LogP contribution in [-0.2, 0) is 0 Å². The van der Waals surface area contributed by atoms with Crippen LogP contribution in [0.25, 0.3) is 0 Å². The van der Waals surface area contributed by atoms with Gasteiger partial charge in [0.15, 0.2) is 11.5 Å². The Morgan fingerprint density at radius 1 is 1.41 bits per heavy atom. The van der Waals surface area contributed by atoms with Crippen molar-refractivity contribution in [3.05, 3.63) is 41.7 Å². The molecule has 1 amide bonds. The van der Waals surface area contributed by atoms with Crippen molar-refractivity contribution in [2.24, 2.45) is 5.10 Å². The molecule has 0 fully saturated rings. The Hall–Kier alpha value is -2.96. The van der Waals surface area contributed by atoms with E-state index in [9.17, 15) is 4.79 Å². The van der Waals surface area contributed by atoms with Gasteiger partial charge < -0.3 is 19.2 Å². The topological polar surface area (TPSA) is 84.9 Å². The van der Waals surface area contributed by atoms with E-state index < -0.39 is 0 Å². The summed E-state index contributed by atoms with van der Waals surface area (Å²) in [6.07, 6.45) is 3.19. The monoisotopic (exact) mass is 301 g/mol. The largest absolute Gasteiger partial charge is 0.493 e. The molecule has 22 heavy (non-hydrogen) atoms. The highest BCUT2D eigenvalue weighted by atomic mass is 16.6. The lowest BCUT2D eigenvalue weighted by Crippen LogP contribution is -2.18. The number of amides is 1. The van der Waals surface area contributed by atoms with E-state index in [2.05, 4.69) is 15.5 Å². The van der Waals surface area contributed by atoms with Crippen molar-refractivity contribution in [2.45, 2.75) is 0 Å². The Balaban J connectivity index is 1.74. The average Bonchev–Trinajstić information content (AvgIpc) is 3.08. The highest BCUT2D eigenvalue weighted by Gasteiger charge is 2.17. The lowest BCUT2D eigenvalue weighted by Gasteiger charge is -2.20. The van der Waals surface area contributed by atoms with E-state index in [1.54, 1.807) is 37.6 Å². The first-order valence-corrected chi connectivity index (χ1v) is 6.72. The Morgan fingerprint density at radius 2 is 2.27 bits per heavy atom. The van der Waals surface area contributed by atoms with Crippen LogP contribution in [0.3, 0.4) is 0 Å². The highest BCUT2D eigenvalue weighted by molar-refractivity contribution is 5.93. The Bertz CT molecular complexity index is 678. The van der Waals surface area contributed by atoms with E-state index in [1.807, 2.05) is 0 Å². The predicted octanol–water partition coefficient (Wildman–Crippen LogP) is 1.56. The van der Waals surface area contributed by atoms with Gasteiger partial charge in [-0.1, -0.05) is 0 Å². The van der Waals surface area contributed by atoms with Crippen molar-refractivity contribution >= 4 is 12.1 Å². The van der Waals surface area contributed by atoms with Gasteiger partial charge in [-0.05, 0) is 24.3 Å². The van der Waals surface area contributed by atoms with E-state index in [0.717, 1.165) is 5.56 Å². The Kier molecular flexibility index (Phi) is 3.95. The summed E-state index contributed by atoms with van der Waals surface area (Å²) in [6.45, 7) is 0.976. The third-order valence-electron chi connectivity index (χ3n) is 3.07. The minimum Gasteiger partial charge on any atom is -0.493 e. The smallest absolute Gasteiger partial charge is 0.287 e. The van der Waals surface area contributed by atoms with Crippen LogP contribution in [0.2, 0.25) is 0 Å².